The van der Waals surface area contributed by atoms with Gasteiger partial charge in [-0.15, -0.1) is 0 Å². The molecule has 1 aliphatic heterocycles. The third kappa shape index (κ3) is 2.68. The lowest BCUT2D eigenvalue weighted by Crippen LogP contribution is -2.21. The summed E-state index contributed by atoms with van der Waals surface area (Å²) in [5.74, 6) is 1.12. The summed E-state index contributed by atoms with van der Waals surface area (Å²) in [6, 6.07) is 19.1. The van der Waals surface area contributed by atoms with Gasteiger partial charge in [-0.3, -0.25) is 4.79 Å². The number of para-hydroxylation sites is 2. The Morgan fingerprint density at radius 2 is 1.82 bits per heavy atom. The first-order chi connectivity index (χ1) is 13.7. The van der Waals surface area contributed by atoms with Gasteiger partial charge < -0.3 is 19.2 Å². The van der Waals surface area contributed by atoms with Gasteiger partial charge in [0.15, 0.2) is 0 Å². The quantitative estimate of drug-likeness (QED) is 0.550. The molecule has 1 aromatic heterocycles. The van der Waals surface area contributed by atoms with E-state index in [0.29, 0.717) is 22.6 Å². The Morgan fingerprint density at radius 3 is 2.71 bits per heavy atom. The van der Waals surface area contributed by atoms with E-state index in [4.69, 9.17) is 13.9 Å². The molecule has 0 radical (unpaired) electrons. The topological polar surface area (TPSA) is 60.7 Å². The minimum Gasteiger partial charge on any atom is -0.495 e. The summed E-state index contributed by atoms with van der Waals surface area (Å²) in [4.78, 5) is 12.8. The molecule has 0 saturated heterocycles. The lowest BCUT2D eigenvalue weighted by Gasteiger charge is -2.18. The lowest BCUT2D eigenvalue weighted by atomic mass is 10.1. The van der Waals surface area contributed by atoms with Crippen LogP contribution < -0.4 is 14.8 Å². The van der Waals surface area contributed by atoms with E-state index >= 15 is 0 Å². The SMILES string of the molecule is COc1cc2c(cc1NC(=O)C1=Cc3ccccc3OC1)oc1ccccc12. The van der Waals surface area contributed by atoms with Gasteiger partial charge in [0.2, 0.25) is 0 Å². The summed E-state index contributed by atoms with van der Waals surface area (Å²) < 4.78 is 17.1. The van der Waals surface area contributed by atoms with Crippen molar-refractivity contribution in [1.29, 1.82) is 0 Å². The molecule has 28 heavy (non-hydrogen) atoms. The molecule has 2 heterocycles. The fraction of sp³-hybridized carbons (Fsp3) is 0.0870. The van der Waals surface area contributed by atoms with Crippen LogP contribution in [0.3, 0.4) is 0 Å². The largest absolute Gasteiger partial charge is 0.495 e. The number of carbonyl (C=O) groups excluding carboxylic acids is 1. The number of ether oxygens (including phenoxy) is 2. The van der Waals surface area contributed by atoms with Crippen LogP contribution in [0.1, 0.15) is 5.56 Å². The number of fused-ring (bicyclic) bond motifs is 4. The smallest absolute Gasteiger partial charge is 0.255 e. The van der Waals surface area contributed by atoms with Gasteiger partial charge in [0.05, 0.1) is 18.4 Å². The number of methoxy groups -OCH3 is 1. The molecule has 0 spiro atoms. The fourth-order valence-electron chi connectivity index (χ4n) is 3.47. The Labute approximate surface area is 161 Å². The Kier molecular flexibility index (Phi) is 3.79. The van der Waals surface area contributed by atoms with Gasteiger partial charge in [-0.2, -0.15) is 0 Å². The molecule has 5 rings (SSSR count). The van der Waals surface area contributed by atoms with E-state index in [1.165, 1.54) is 0 Å². The van der Waals surface area contributed by atoms with Crippen LogP contribution in [0.4, 0.5) is 5.69 Å². The molecule has 1 amide bonds. The molecule has 0 aliphatic carbocycles. The lowest BCUT2D eigenvalue weighted by molar-refractivity contribution is -0.113. The second-order valence-corrected chi connectivity index (χ2v) is 6.60. The van der Waals surface area contributed by atoms with Crippen molar-refractivity contribution in [3.8, 4) is 11.5 Å². The highest BCUT2D eigenvalue weighted by atomic mass is 16.5. The molecule has 1 aliphatic rings. The van der Waals surface area contributed by atoms with Crippen LogP contribution in [0.15, 0.2) is 70.7 Å². The van der Waals surface area contributed by atoms with E-state index in [-0.39, 0.29) is 12.5 Å². The minimum absolute atomic E-state index is 0.220. The van der Waals surface area contributed by atoms with Crippen molar-refractivity contribution in [1.82, 2.24) is 0 Å². The van der Waals surface area contributed by atoms with E-state index in [1.54, 1.807) is 13.2 Å². The number of carbonyl (C=O) groups is 1. The first kappa shape index (κ1) is 16.4. The average molecular weight is 371 g/mol. The van der Waals surface area contributed by atoms with Crippen LogP contribution in [0.25, 0.3) is 28.0 Å². The summed E-state index contributed by atoms with van der Waals surface area (Å²) in [5.41, 5.74) is 3.47. The number of hydrogen-bond acceptors (Lipinski definition) is 4. The van der Waals surface area contributed by atoms with Gasteiger partial charge in [0, 0.05) is 22.4 Å². The van der Waals surface area contributed by atoms with E-state index < -0.39 is 0 Å². The zero-order chi connectivity index (χ0) is 19.1. The molecular weight excluding hydrogens is 354 g/mol. The third-order valence-electron chi connectivity index (χ3n) is 4.87. The summed E-state index contributed by atoms with van der Waals surface area (Å²) in [5, 5.41) is 4.88. The predicted molar refractivity (Wildman–Crippen MR) is 109 cm³/mol. The summed E-state index contributed by atoms with van der Waals surface area (Å²) >= 11 is 0. The van der Waals surface area contributed by atoms with Gasteiger partial charge in [0.25, 0.3) is 5.91 Å². The van der Waals surface area contributed by atoms with Crippen LogP contribution in [0.2, 0.25) is 0 Å². The normalized spacial score (nSPS) is 13.0. The fourth-order valence-corrected chi connectivity index (χ4v) is 3.47. The van der Waals surface area contributed by atoms with Gasteiger partial charge >= 0.3 is 0 Å². The third-order valence-corrected chi connectivity index (χ3v) is 4.87. The van der Waals surface area contributed by atoms with E-state index in [2.05, 4.69) is 5.32 Å². The molecule has 0 fully saturated rings. The van der Waals surface area contributed by atoms with Crippen molar-refractivity contribution in [2.45, 2.75) is 0 Å². The maximum atomic E-state index is 12.8. The zero-order valence-electron chi connectivity index (χ0n) is 15.2. The first-order valence-electron chi connectivity index (χ1n) is 8.96. The van der Waals surface area contributed by atoms with Crippen molar-refractivity contribution < 1.29 is 18.7 Å². The second kappa shape index (κ2) is 6.46. The maximum Gasteiger partial charge on any atom is 0.255 e. The molecule has 138 valence electrons. The molecular formula is C23H17NO4. The Morgan fingerprint density at radius 1 is 1.00 bits per heavy atom. The monoisotopic (exact) mass is 371 g/mol. The highest BCUT2D eigenvalue weighted by Crippen LogP contribution is 2.36. The highest BCUT2D eigenvalue weighted by molar-refractivity contribution is 6.11. The van der Waals surface area contributed by atoms with Crippen molar-refractivity contribution in [3.05, 3.63) is 71.8 Å². The Balaban J connectivity index is 1.52. The molecule has 0 atom stereocenters. The summed E-state index contributed by atoms with van der Waals surface area (Å²) in [6.45, 7) is 0.220. The molecule has 0 saturated carbocycles. The van der Waals surface area contributed by atoms with Crippen LogP contribution in [-0.2, 0) is 4.79 Å². The molecule has 3 aromatic carbocycles. The zero-order valence-corrected chi connectivity index (χ0v) is 15.2. The number of furan rings is 1. The van der Waals surface area contributed by atoms with E-state index in [9.17, 15) is 4.79 Å². The van der Waals surface area contributed by atoms with Gasteiger partial charge in [-0.05, 0) is 24.3 Å². The van der Waals surface area contributed by atoms with Crippen molar-refractivity contribution in [3.63, 3.8) is 0 Å². The number of hydrogen-bond donors (Lipinski definition) is 1. The number of nitrogens with one attached hydrogen (secondary N) is 1. The number of anilines is 1. The first-order valence-corrected chi connectivity index (χ1v) is 8.96. The van der Waals surface area contributed by atoms with Crippen LogP contribution in [0.5, 0.6) is 11.5 Å². The van der Waals surface area contributed by atoms with Gasteiger partial charge in [0.1, 0.15) is 29.3 Å². The summed E-state index contributed by atoms with van der Waals surface area (Å²) in [7, 11) is 1.58. The van der Waals surface area contributed by atoms with E-state index in [0.717, 1.165) is 27.7 Å². The van der Waals surface area contributed by atoms with Crippen molar-refractivity contribution >= 4 is 39.6 Å². The molecule has 1 N–H and O–H groups in total. The predicted octanol–water partition coefficient (Wildman–Crippen LogP) is 5.01. The molecule has 5 heteroatoms. The van der Waals surface area contributed by atoms with Gasteiger partial charge in [-0.25, -0.2) is 0 Å². The summed E-state index contributed by atoms with van der Waals surface area (Å²) in [6.07, 6.45) is 1.85. The Bertz CT molecular complexity index is 1250. The molecule has 0 bridgehead atoms. The Hall–Kier alpha value is -3.73. The second-order valence-electron chi connectivity index (χ2n) is 6.60. The number of rotatable bonds is 3. The van der Waals surface area contributed by atoms with Crippen LogP contribution in [-0.4, -0.2) is 19.6 Å². The van der Waals surface area contributed by atoms with Crippen molar-refractivity contribution in [2.24, 2.45) is 0 Å². The molecule has 5 nitrogen and oxygen atoms in total. The maximum absolute atomic E-state index is 12.8. The average Bonchev–Trinajstić information content (AvgIpc) is 3.10. The van der Waals surface area contributed by atoms with Crippen molar-refractivity contribution in [2.75, 3.05) is 19.0 Å². The van der Waals surface area contributed by atoms with Crippen LogP contribution >= 0.6 is 0 Å². The van der Waals surface area contributed by atoms with E-state index in [1.807, 2.05) is 60.7 Å². The molecule has 4 aromatic rings. The minimum atomic E-state index is -0.233. The van der Waals surface area contributed by atoms with Crippen LogP contribution in [0, 0.1) is 0 Å². The molecule has 0 unspecified atom stereocenters. The highest BCUT2D eigenvalue weighted by Gasteiger charge is 2.19. The number of benzene rings is 3. The number of amides is 1. The van der Waals surface area contributed by atoms with Gasteiger partial charge in [-0.1, -0.05) is 36.4 Å². The standard InChI is InChI=1S/C23H17NO4/c1-26-22-11-17-16-7-3-5-9-20(16)28-21(17)12-18(22)24-23(25)15-10-14-6-2-4-8-19(14)27-13-15/h2-12H,13H2,1H3,(H,24,25).